The van der Waals surface area contributed by atoms with Gasteiger partial charge in [0.25, 0.3) is 0 Å². The molecule has 114 valence electrons. The molecule has 3 fully saturated rings. The van der Waals surface area contributed by atoms with Crippen LogP contribution < -0.4 is 10.6 Å². The van der Waals surface area contributed by atoms with E-state index in [1.54, 1.807) is 0 Å². The first-order valence-corrected chi connectivity index (χ1v) is 8.33. The molecule has 0 spiro atoms. The fourth-order valence-electron chi connectivity index (χ4n) is 3.78. The summed E-state index contributed by atoms with van der Waals surface area (Å²) in [7, 11) is 0. The van der Waals surface area contributed by atoms with E-state index >= 15 is 0 Å². The van der Waals surface area contributed by atoms with E-state index in [4.69, 9.17) is 0 Å². The van der Waals surface area contributed by atoms with Gasteiger partial charge in [-0.1, -0.05) is 19.3 Å². The Balaban J connectivity index is 1.45. The van der Waals surface area contributed by atoms with E-state index in [1.165, 1.54) is 32.1 Å². The normalized spacial score (nSPS) is 29.6. The maximum Gasteiger partial charge on any atom is 0.317 e. The topological polar surface area (TPSA) is 47.6 Å². The molecular weight excluding hydrogens is 252 g/mol. The fourth-order valence-corrected chi connectivity index (χ4v) is 3.78. The van der Waals surface area contributed by atoms with E-state index in [-0.39, 0.29) is 6.03 Å². The van der Waals surface area contributed by atoms with Crippen LogP contribution in [0.4, 0.5) is 4.79 Å². The van der Waals surface area contributed by atoms with E-state index in [1.807, 2.05) is 4.90 Å². The summed E-state index contributed by atoms with van der Waals surface area (Å²) < 4.78 is 0. The molecule has 0 aromatic carbocycles. The summed E-state index contributed by atoms with van der Waals surface area (Å²) in [4.78, 5) is 16.9. The number of piperazine rings is 1. The van der Waals surface area contributed by atoms with E-state index in [0.29, 0.717) is 12.1 Å². The van der Waals surface area contributed by atoms with Crippen molar-refractivity contribution >= 4 is 6.03 Å². The molecule has 1 saturated carbocycles. The second kappa shape index (κ2) is 6.76. The predicted molar refractivity (Wildman–Crippen MR) is 79.8 cm³/mol. The molecule has 2 saturated heterocycles. The van der Waals surface area contributed by atoms with Crippen LogP contribution in [0.2, 0.25) is 0 Å². The van der Waals surface area contributed by atoms with E-state index < -0.39 is 0 Å². The molecular formula is C15H28N4O. The van der Waals surface area contributed by atoms with Crippen LogP contribution in [0.5, 0.6) is 0 Å². The number of nitrogens with one attached hydrogen (secondary N) is 2. The summed E-state index contributed by atoms with van der Waals surface area (Å²) in [6.07, 6.45) is 7.35. The Morgan fingerprint density at radius 2 is 1.75 bits per heavy atom. The second-order valence-electron chi connectivity index (χ2n) is 6.46. The Labute approximate surface area is 122 Å². The first kappa shape index (κ1) is 14.1. The quantitative estimate of drug-likeness (QED) is 0.793. The zero-order valence-electron chi connectivity index (χ0n) is 12.4. The van der Waals surface area contributed by atoms with Crippen molar-refractivity contribution in [2.24, 2.45) is 0 Å². The molecule has 0 bridgehead atoms. The highest BCUT2D eigenvalue weighted by Crippen LogP contribution is 2.19. The molecule has 5 nitrogen and oxygen atoms in total. The van der Waals surface area contributed by atoms with Crippen LogP contribution in [-0.2, 0) is 0 Å². The van der Waals surface area contributed by atoms with Gasteiger partial charge in [-0.2, -0.15) is 0 Å². The first-order valence-electron chi connectivity index (χ1n) is 8.33. The van der Waals surface area contributed by atoms with Gasteiger partial charge in [-0.25, -0.2) is 4.79 Å². The fraction of sp³-hybridized carbons (Fsp3) is 0.933. The van der Waals surface area contributed by atoms with Gasteiger partial charge in [0.15, 0.2) is 0 Å². The standard InChI is InChI=1S/C15H28N4O/c20-15(17-13-4-2-1-3-5-13)19-9-6-14(12-19)18-10-7-16-8-11-18/h13-14,16H,1-12H2,(H,17,20). The summed E-state index contributed by atoms with van der Waals surface area (Å²) in [5, 5.41) is 6.63. The third-order valence-corrected chi connectivity index (χ3v) is 5.05. The van der Waals surface area contributed by atoms with Crippen LogP contribution in [0.1, 0.15) is 38.5 Å². The summed E-state index contributed by atoms with van der Waals surface area (Å²) in [5.74, 6) is 0. The van der Waals surface area contributed by atoms with Crippen LogP contribution >= 0.6 is 0 Å². The Kier molecular flexibility index (Phi) is 4.78. The molecule has 0 aromatic rings. The first-order chi connectivity index (χ1) is 9.83. The lowest BCUT2D eigenvalue weighted by molar-refractivity contribution is 0.167. The van der Waals surface area contributed by atoms with Crippen molar-refractivity contribution in [2.75, 3.05) is 39.3 Å². The Morgan fingerprint density at radius 3 is 2.50 bits per heavy atom. The van der Waals surface area contributed by atoms with Gasteiger partial charge >= 0.3 is 6.03 Å². The number of hydrogen-bond acceptors (Lipinski definition) is 3. The van der Waals surface area contributed by atoms with Gasteiger partial charge in [-0.05, 0) is 19.3 Å². The van der Waals surface area contributed by atoms with Gasteiger partial charge < -0.3 is 15.5 Å². The van der Waals surface area contributed by atoms with E-state index in [9.17, 15) is 4.79 Å². The SMILES string of the molecule is O=C(NC1CCCCC1)N1CCC(N2CCNCC2)C1. The number of nitrogens with zero attached hydrogens (tertiary/aromatic N) is 2. The number of urea groups is 1. The molecule has 2 heterocycles. The van der Waals surface area contributed by atoms with Gasteiger partial charge in [-0.15, -0.1) is 0 Å². The van der Waals surface area contributed by atoms with Crippen molar-refractivity contribution in [3.8, 4) is 0 Å². The van der Waals surface area contributed by atoms with Crippen molar-refractivity contribution in [1.82, 2.24) is 20.4 Å². The van der Waals surface area contributed by atoms with Gasteiger partial charge in [0, 0.05) is 51.4 Å². The maximum absolute atomic E-state index is 12.3. The molecule has 3 aliphatic rings. The molecule has 0 aromatic heterocycles. The van der Waals surface area contributed by atoms with Crippen molar-refractivity contribution < 1.29 is 4.79 Å². The number of likely N-dealkylation sites (tertiary alicyclic amines) is 1. The van der Waals surface area contributed by atoms with E-state index in [2.05, 4.69) is 15.5 Å². The second-order valence-corrected chi connectivity index (χ2v) is 6.46. The molecule has 2 amide bonds. The molecule has 0 radical (unpaired) electrons. The minimum absolute atomic E-state index is 0.175. The lowest BCUT2D eigenvalue weighted by Gasteiger charge is -2.32. The van der Waals surface area contributed by atoms with Gasteiger partial charge in [-0.3, -0.25) is 4.90 Å². The Morgan fingerprint density at radius 1 is 1.00 bits per heavy atom. The minimum atomic E-state index is 0.175. The summed E-state index contributed by atoms with van der Waals surface area (Å²) in [6, 6.07) is 1.18. The van der Waals surface area contributed by atoms with Crippen molar-refractivity contribution in [1.29, 1.82) is 0 Å². The van der Waals surface area contributed by atoms with Crippen molar-refractivity contribution in [3.05, 3.63) is 0 Å². The third-order valence-electron chi connectivity index (χ3n) is 5.05. The average molecular weight is 280 g/mol. The number of hydrogen-bond donors (Lipinski definition) is 2. The number of amides is 2. The highest BCUT2D eigenvalue weighted by Gasteiger charge is 2.31. The van der Waals surface area contributed by atoms with Crippen LogP contribution in [-0.4, -0.2) is 67.2 Å². The summed E-state index contributed by atoms with van der Waals surface area (Å²) >= 11 is 0. The number of rotatable bonds is 2. The van der Waals surface area contributed by atoms with Gasteiger partial charge in [0.1, 0.15) is 0 Å². The van der Waals surface area contributed by atoms with Crippen LogP contribution in [0.15, 0.2) is 0 Å². The molecule has 1 aliphatic carbocycles. The highest BCUT2D eigenvalue weighted by atomic mass is 16.2. The molecule has 1 atom stereocenters. The Bertz CT molecular complexity index is 324. The maximum atomic E-state index is 12.3. The molecule has 20 heavy (non-hydrogen) atoms. The Hall–Kier alpha value is -0.810. The van der Waals surface area contributed by atoms with Crippen molar-refractivity contribution in [2.45, 2.75) is 50.6 Å². The average Bonchev–Trinajstić information content (AvgIpc) is 2.99. The monoisotopic (exact) mass is 280 g/mol. The molecule has 2 aliphatic heterocycles. The summed E-state index contributed by atoms with van der Waals surface area (Å²) in [6.45, 7) is 6.27. The largest absolute Gasteiger partial charge is 0.335 e. The molecule has 1 unspecified atom stereocenters. The van der Waals surface area contributed by atoms with Gasteiger partial charge in [0.05, 0.1) is 0 Å². The van der Waals surface area contributed by atoms with E-state index in [0.717, 1.165) is 45.7 Å². The lowest BCUT2D eigenvalue weighted by Crippen LogP contribution is -2.50. The summed E-state index contributed by atoms with van der Waals surface area (Å²) in [5.41, 5.74) is 0. The lowest BCUT2D eigenvalue weighted by atomic mass is 9.96. The van der Waals surface area contributed by atoms with Crippen LogP contribution in [0, 0.1) is 0 Å². The third kappa shape index (κ3) is 3.44. The number of carbonyl (C=O) groups excluding carboxylic acids is 1. The van der Waals surface area contributed by atoms with Crippen LogP contribution in [0.25, 0.3) is 0 Å². The number of carbonyl (C=O) groups is 1. The zero-order valence-corrected chi connectivity index (χ0v) is 12.4. The molecule has 3 rings (SSSR count). The minimum Gasteiger partial charge on any atom is -0.335 e. The zero-order chi connectivity index (χ0) is 13.8. The van der Waals surface area contributed by atoms with Gasteiger partial charge in [0.2, 0.25) is 0 Å². The predicted octanol–water partition coefficient (Wildman–Crippen LogP) is 1.01. The highest BCUT2D eigenvalue weighted by molar-refractivity contribution is 5.74. The smallest absolute Gasteiger partial charge is 0.317 e. The molecule has 2 N–H and O–H groups in total. The van der Waals surface area contributed by atoms with Crippen molar-refractivity contribution in [3.63, 3.8) is 0 Å². The molecule has 5 heteroatoms. The van der Waals surface area contributed by atoms with Crippen LogP contribution in [0.3, 0.4) is 0 Å².